The molecule has 28 heavy (non-hydrogen) atoms. The Morgan fingerprint density at radius 1 is 1.04 bits per heavy atom. The topological polar surface area (TPSA) is 58.6 Å². The highest BCUT2D eigenvalue weighted by molar-refractivity contribution is 5.94. The van der Waals surface area contributed by atoms with Crippen LogP contribution in [0, 0.1) is 12.8 Å². The number of esters is 1. The van der Waals surface area contributed by atoms with Crippen LogP contribution < -0.4 is 5.32 Å². The molecule has 1 heterocycles. The lowest BCUT2D eigenvalue weighted by molar-refractivity contribution is -0.121. The first kappa shape index (κ1) is 20.1. The van der Waals surface area contributed by atoms with Crippen molar-refractivity contribution >= 4 is 17.6 Å². The predicted octanol–water partition coefficient (Wildman–Crippen LogP) is 4.02. The van der Waals surface area contributed by atoms with E-state index in [1.807, 2.05) is 0 Å². The van der Waals surface area contributed by atoms with Crippen molar-refractivity contribution < 1.29 is 14.3 Å². The van der Waals surface area contributed by atoms with Crippen molar-refractivity contribution in [2.24, 2.45) is 5.92 Å². The molecule has 1 aliphatic rings. The molecule has 0 radical (unpaired) electrons. The van der Waals surface area contributed by atoms with Crippen molar-refractivity contribution in [3.8, 4) is 0 Å². The summed E-state index contributed by atoms with van der Waals surface area (Å²) >= 11 is 0. The van der Waals surface area contributed by atoms with Gasteiger partial charge in [-0.05, 0) is 69.6 Å². The highest BCUT2D eigenvalue weighted by Gasteiger charge is 2.25. The number of nitrogens with one attached hydrogen (secondary N) is 1. The van der Waals surface area contributed by atoms with Gasteiger partial charge in [-0.3, -0.25) is 9.69 Å². The molecule has 0 spiro atoms. The summed E-state index contributed by atoms with van der Waals surface area (Å²) in [5.74, 6) is -0.265. The number of hydrogen-bond donors (Lipinski definition) is 1. The molecule has 0 saturated carbocycles. The standard InChI is InChI=1S/C23H28N2O3/c1-3-28-23(27)20-8-10-21(11-9-20)24-22(26)19-12-14-25(15-13-19)16-18-6-4-17(2)5-7-18/h4-11,19H,3,12-16H2,1-2H3,(H,24,26). The van der Waals surface area contributed by atoms with E-state index in [1.165, 1.54) is 11.1 Å². The minimum atomic E-state index is -0.346. The zero-order valence-corrected chi connectivity index (χ0v) is 16.6. The Kier molecular flexibility index (Phi) is 6.82. The maximum absolute atomic E-state index is 12.6. The van der Waals surface area contributed by atoms with Gasteiger partial charge in [-0.25, -0.2) is 4.79 Å². The fourth-order valence-corrected chi connectivity index (χ4v) is 3.45. The third-order valence-corrected chi connectivity index (χ3v) is 5.15. The molecule has 148 valence electrons. The van der Waals surface area contributed by atoms with Gasteiger partial charge in [-0.2, -0.15) is 0 Å². The third-order valence-electron chi connectivity index (χ3n) is 5.15. The van der Waals surface area contributed by atoms with Crippen LogP contribution >= 0.6 is 0 Å². The molecule has 0 atom stereocenters. The van der Waals surface area contributed by atoms with Crippen molar-refractivity contribution in [3.63, 3.8) is 0 Å². The average molecular weight is 380 g/mol. The molecule has 1 aliphatic heterocycles. The lowest BCUT2D eigenvalue weighted by atomic mass is 9.95. The van der Waals surface area contributed by atoms with Crippen molar-refractivity contribution in [1.29, 1.82) is 0 Å². The number of carbonyl (C=O) groups excluding carboxylic acids is 2. The molecule has 2 aromatic carbocycles. The second-order valence-electron chi connectivity index (χ2n) is 7.32. The third kappa shape index (κ3) is 5.42. The summed E-state index contributed by atoms with van der Waals surface area (Å²) in [5, 5.41) is 2.97. The van der Waals surface area contributed by atoms with Gasteiger partial charge in [0.15, 0.2) is 0 Å². The van der Waals surface area contributed by atoms with Crippen LogP contribution in [0.5, 0.6) is 0 Å². The minimum absolute atomic E-state index is 0.0269. The summed E-state index contributed by atoms with van der Waals surface area (Å²) < 4.78 is 4.97. The molecule has 1 N–H and O–H groups in total. The smallest absolute Gasteiger partial charge is 0.338 e. The molecule has 0 unspecified atom stereocenters. The van der Waals surface area contributed by atoms with Gasteiger partial charge in [0.1, 0.15) is 0 Å². The second kappa shape index (κ2) is 9.51. The molecule has 5 heteroatoms. The summed E-state index contributed by atoms with van der Waals surface area (Å²) in [6.45, 7) is 7.00. The Morgan fingerprint density at radius 3 is 2.29 bits per heavy atom. The molecular formula is C23H28N2O3. The van der Waals surface area contributed by atoms with E-state index in [9.17, 15) is 9.59 Å². The Hall–Kier alpha value is -2.66. The van der Waals surface area contributed by atoms with Crippen LogP contribution in [0.2, 0.25) is 0 Å². The highest BCUT2D eigenvalue weighted by Crippen LogP contribution is 2.21. The number of carbonyl (C=O) groups is 2. The normalized spacial score (nSPS) is 15.2. The Labute approximate surface area is 166 Å². The number of aryl methyl sites for hydroxylation is 1. The fraction of sp³-hybridized carbons (Fsp3) is 0.391. The average Bonchev–Trinajstić information content (AvgIpc) is 2.71. The molecule has 0 aliphatic carbocycles. The van der Waals surface area contributed by atoms with Gasteiger partial charge < -0.3 is 10.1 Å². The SMILES string of the molecule is CCOC(=O)c1ccc(NC(=O)C2CCN(Cc3ccc(C)cc3)CC2)cc1. The summed E-state index contributed by atoms with van der Waals surface area (Å²) in [4.78, 5) is 26.7. The van der Waals surface area contributed by atoms with Crippen molar-refractivity contribution in [3.05, 3.63) is 65.2 Å². The number of ether oxygens (including phenoxy) is 1. The lowest BCUT2D eigenvalue weighted by Crippen LogP contribution is -2.37. The molecule has 1 fully saturated rings. The van der Waals surface area contributed by atoms with Crippen LogP contribution in [-0.2, 0) is 16.1 Å². The first-order valence-electron chi connectivity index (χ1n) is 9.91. The number of piperidine rings is 1. The van der Waals surface area contributed by atoms with E-state index in [0.29, 0.717) is 17.9 Å². The summed E-state index contributed by atoms with van der Waals surface area (Å²) in [6, 6.07) is 15.5. The number of likely N-dealkylation sites (tertiary alicyclic amines) is 1. The Balaban J connectivity index is 1.47. The largest absolute Gasteiger partial charge is 0.462 e. The molecular weight excluding hydrogens is 352 g/mol. The number of nitrogens with zero attached hydrogens (tertiary/aromatic N) is 1. The van der Waals surface area contributed by atoms with Gasteiger partial charge >= 0.3 is 5.97 Å². The number of benzene rings is 2. The molecule has 0 aromatic heterocycles. The Bertz CT molecular complexity index is 792. The van der Waals surface area contributed by atoms with Crippen LogP contribution in [0.25, 0.3) is 0 Å². The van der Waals surface area contributed by atoms with E-state index in [4.69, 9.17) is 4.74 Å². The summed E-state index contributed by atoms with van der Waals surface area (Å²) in [5.41, 5.74) is 3.79. The number of hydrogen-bond acceptors (Lipinski definition) is 4. The highest BCUT2D eigenvalue weighted by atomic mass is 16.5. The van der Waals surface area contributed by atoms with E-state index >= 15 is 0 Å². The zero-order valence-electron chi connectivity index (χ0n) is 16.6. The van der Waals surface area contributed by atoms with Gasteiger partial charge in [0.25, 0.3) is 0 Å². The van der Waals surface area contributed by atoms with E-state index in [-0.39, 0.29) is 17.8 Å². The van der Waals surface area contributed by atoms with Crippen LogP contribution in [0.4, 0.5) is 5.69 Å². The van der Waals surface area contributed by atoms with Crippen LogP contribution in [-0.4, -0.2) is 36.5 Å². The summed E-state index contributed by atoms with van der Waals surface area (Å²) in [7, 11) is 0. The number of amides is 1. The van der Waals surface area contributed by atoms with Crippen LogP contribution in [0.1, 0.15) is 41.3 Å². The first-order valence-corrected chi connectivity index (χ1v) is 9.91. The maximum Gasteiger partial charge on any atom is 0.338 e. The lowest BCUT2D eigenvalue weighted by Gasteiger charge is -2.31. The monoisotopic (exact) mass is 380 g/mol. The van der Waals surface area contributed by atoms with Crippen molar-refractivity contribution in [2.45, 2.75) is 33.2 Å². The van der Waals surface area contributed by atoms with Crippen LogP contribution in [0.15, 0.2) is 48.5 Å². The minimum Gasteiger partial charge on any atom is -0.462 e. The zero-order chi connectivity index (χ0) is 19.9. The van der Waals surface area contributed by atoms with E-state index in [2.05, 4.69) is 41.4 Å². The van der Waals surface area contributed by atoms with Crippen molar-refractivity contribution in [1.82, 2.24) is 4.90 Å². The van der Waals surface area contributed by atoms with Gasteiger partial charge in [-0.15, -0.1) is 0 Å². The van der Waals surface area contributed by atoms with E-state index in [0.717, 1.165) is 32.5 Å². The molecule has 1 saturated heterocycles. The van der Waals surface area contributed by atoms with Gasteiger partial charge in [0, 0.05) is 18.2 Å². The van der Waals surface area contributed by atoms with E-state index in [1.54, 1.807) is 31.2 Å². The van der Waals surface area contributed by atoms with Gasteiger partial charge in [-0.1, -0.05) is 29.8 Å². The maximum atomic E-state index is 12.6. The van der Waals surface area contributed by atoms with Crippen molar-refractivity contribution in [2.75, 3.05) is 25.0 Å². The molecule has 0 bridgehead atoms. The second-order valence-corrected chi connectivity index (χ2v) is 7.32. The van der Waals surface area contributed by atoms with E-state index < -0.39 is 0 Å². The molecule has 5 nitrogen and oxygen atoms in total. The Morgan fingerprint density at radius 2 is 1.68 bits per heavy atom. The fourth-order valence-electron chi connectivity index (χ4n) is 3.45. The molecule has 1 amide bonds. The van der Waals surface area contributed by atoms with Gasteiger partial charge in [0.2, 0.25) is 5.91 Å². The van der Waals surface area contributed by atoms with Gasteiger partial charge in [0.05, 0.1) is 12.2 Å². The molecule has 2 aromatic rings. The quantitative estimate of drug-likeness (QED) is 0.769. The summed E-state index contributed by atoms with van der Waals surface area (Å²) in [6.07, 6.45) is 1.72. The number of rotatable bonds is 6. The van der Waals surface area contributed by atoms with Crippen LogP contribution in [0.3, 0.4) is 0 Å². The first-order chi connectivity index (χ1) is 13.5. The molecule has 3 rings (SSSR count). The number of anilines is 1. The predicted molar refractivity (Wildman–Crippen MR) is 110 cm³/mol.